The van der Waals surface area contributed by atoms with Crippen LogP contribution in [0.3, 0.4) is 0 Å². The van der Waals surface area contributed by atoms with Crippen LogP contribution in [-0.4, -0.2) is 29.7 Å². The van der Waals surface area contributed by atoms with Crippen molar-refractivity contribution in [2.24, 2.45) is 5.92 Å². The largest absolute Gasteiger partial charge is 0.492 e. The molecule has 3 heterocycles. The molecule has 4 nitrogen and oxygen atoms in total. The van der Waals surface area contributed by atoms with Gasteiger partial charge in [-0.05, 0) is 25.1 Å². The summed E-state index contributed by atoms with van der Waals surface area (Å²) in [6.45, 7) is 2.97. The highest BCUT2D eigenvalue weighted by atomic mass is 16.5. The second-order valence-electron chi connectivity index (χ2n) is 4.26. The van der Waals surface area contributed by atoms with Crippen molar-refractivity contribution in [3.63, 3.8) is 0 Å². The van der Waals surface area contributed by atoms with Crippen molar-refractivity contribution in [1.29, 1.82) is 0 Å². The molecule has 1 atom stereocenters. The normalized spacial score (nSPS) is 20.4. The van der Waals surface area contributed by atoms with E-state index in [1.54, 1.807) is 6.20 Å². The number of nitrogens with one attached hydrogen (secondary N) is 2. The van der Waals surface area contributed by atoms with Gasteiger partial charge < -0.3 is 15.0 Å². The highest BCUT2D eigenvalue weighted by Crippen LogP contribution is 2.18. The Morgan fingerprint density at radius 1 is 1.50 bits per heavy atom. The van der Waals surface area contributed by atoms with Crippen molar-refractivity contribution in [1.82, 2.24) is 15.3 Å². The second-order valence-corrected chi connectivity index (χ2v) is 4.26. The first-order valence-corrected chi connectivity index (χ1v) is 5.68. The van der Waals surface area contributed by atoms with Crippen molar-refractivity contribution in [3.05, 3.63) is 24.5 Å². The van der Waals surface area contributed by atoms with Gasteiger partial charge in [0.1, 0.15) is 11.4 Å². The van der Waals surface area contributed by atoms with Crippen LogP contribution in [0.15, 0.2) is 24.5 Å². The van der Waals surface area contributed by atoms with Gasteiger partial charge in [0, 0.05) is 24.0 Å². The van der Waals surface area contributed by atoms with Gasteiger partial charge in [-0.3, -0.25) is 0 Å². The summed E-state index contributed by atoms with van der Waals surface area (Å²) in [6.07, 6.45) is 4.88. The molecule has 1 aliphatic heterocycles. The lowest BCUT2D eigenvalue weighted by molar-refractivity contribution is 0.259. The molecule has 0 aromatic carbocycles. The monoisotopic (exact) mass is 217 g/mol. The molecular weight excluding hydrogens is 202 g/mol. The molecule has 0 saturated carbocycles. The van der Waals surface area contributed by atoms with Gasteiger partial charge in [0.25, 0.3) is 0 Å². The van der Waals surface area contributed by atoms with Gasteiger partial charge in [0.2, 0.25) is 0 Å². The lowest BCUT2D eigenvalue weighted by Gasteiger charge is -2.10. The predicted molar refractivity (Wildman–Crippen MR) is 62.6 cm³/mol. The van der Waals surface area contributed by atoms with E-state index in [0.29, 0.717) is 5.92 Å². The van der Waals surface area contributed by atoms with Gasteiger partial charge >= 0.3 is 0 Å². The molecule has 3 rings (SSSR count). The molecule has 0 amide bonds. The van der Waals surface area contributed by atoms with Crippen molar-refractivity contribution in [3.8, 4) is 5.75 Å². The maximum absolute atomic E-state index is 5.75. The van der Waals surface area contributed by atoms with Gasteiger partial charge in [0.15, 0.2) is 0 Å². The van der Waals surface area contributed by atoms with Crippen LogP contribution >= 0.6 is 0 Å². The Kier molecular flexibility index (Phi) is 2.50. The summed E-state index contributed by atoms with van der Waals surface area (Å²) >= 11 is 0. The zero-order valence-electron chi connectivity index (χ0n) is 9.07. The molecular formula is C12H15N3O. The summed E-state index contributed by atoms with van der Waals surface area (Å²) < 4.78 is 5.75. The summed E-state index contributed by atoms with van der Waals surface area (Å²) in [5, 5.41) is 4.43. The molecule has 2 aromatic heterocycles. The van der Waals surface area contributed by atoms with Gasteiger partial charge in [-0.2, -0.15) is 0 Å². The van der Waals surface area contributed by atoms with Crippen LogP contribution in [0.2, 0.25) is 0 Å². The number of rotatable bonds is 3. The second kappa shape index (κ2) is 4.14. The number of nitrogens with zero attached hydrogens (tertiary/aromatic N) is 1. The SMILES string of the molecule is c1cc2cc(OCC3CCNC3)cnc2[nH]1. The van der Waals surface area contributed by atoms with Crippen molar-refractivity contribution < 1.29 is 4.74 Å². The van der Waals surface area contributed by atoms with E-state index in [0.717, 1.165) is 36.5 Å². The first-order chi connectivity index (χ1) is 7.92. The Bertz CT molecular complexity index is 474. The van der Waals surface area contributed by atoms with Crippen LogP contribution in [0.1, 0.15) is 6.42 Å². The summed E-state index contributed by atoms with van der Waals surface area (Å²) in [5.74, 6) is 1.50. The molecule has 0 spiro atoms. The van der Waals surface area contributed by atoms with Gasteiger partial charge in [0.05, 0.1) is 12.8 Å². The number of pyridine rings is 1. The number of hydrogen-bond acceptors (Lipinski definition) is 3. The van der Waals surface area contributed by atoms with E-state index in [-0.39, 0.29) is 0 Å². The molecule has 1 fully saturated rings. The fraction of sp³-hybridized carbons (Fsp3) is 0.417. The molecule has 0 radical (unpaired) electrons. The molecule has 2 N–H and O–H groups in total. The Morgan fingerprint density at radius 3 is 3.38 bits per heavy atom. The lowest BCUT2D eigenvalue weighted by atomic mass is 10.1. The lowest BCUT2D eigenvalue weighted by Crippen LogP contribution is -2.15. The van der Waals surface area contributed by atoms with E-state index in [9.17, 15) is 0 Å². The maximum atomic E-state index is 5.75. The molecule has 16 heavy (non-hydrogen) atoms. The van der Waals surface area contributed by atoms with Gasteiger partial charge in [-0.25, -0.2) is 4.98 Å². The third kappa shape index (κ3) is 1.88. The molecule has 2 aromatic rings. The number of ether oxygens (including phenoxy) is 1. The Hall–Kier alpha value is -1.55. The number of aromatic nitrogens is 2. The highest BCUT2D eigenvalue weighted by Gasteiger charge is 2.14. The Balaban J connectivity index is 1.68. The van der Waals surface area contributed by atoms with Crippen LogP contribution in [0, 0.1) is 5.92 Å². The maximum Gasteiger partial charge on any atom is 0.138 e. The van der Waals surface area contributed by atoms with Crippen LogP contribution in [0.5, 0.6) is 5.75 Å². The minimum Gasteiger partial charge on any atom is -0.492 e. The van der Waals surface area contributed by atoms with Crippen molar-refractivity contribution in [2.45, 2.75) is 6.42 Å². The van der Waals surface area contributed by atoms with E-state index in [4.69, 9.17) is 4.74 Å². The standard InChI is InChI=1S/C12H15N3O/c1-3-13-6-9(1)8-16-11-5-10-2-4-14-12(10)15-7-11/h2,4-5,7,9,13H,1,3,6,8H2,(H,14,15). The van der Waals surface area contributed by atoms with E-state index in [2.05, 4.69) is 15.3 Å². The van der Waals surface area contributed by atoms with Crippen LogP contribution in [0.4, 0.5) is 0 Å². The smallest absolute Gasteiger partial charge is 0.138 e. The molecule has 1 aliphatic rings. The first-order valence-electron chi connectivity index (χ1n) is 5.68. The summed E-state index contributed by atoms with van der Waals surface area (Å²) in [5.41, 5.74) is 0.912. The number of fused-ring (bicyclic) bond motifs is 1. The highest BCUT2D eigenvalue weighted by molar-refractivity contribution is 5.76. The van der Waals surface area contributed by atoms with Crippen LogP contribution in [0.25, 0.3) is 11.0 Å². The number of H-pyrrole nitrogens is 1. The quantitative estimate of drug-likeness (QED) is 0.820. The minimum atomic E-state index is 0.641. The molecule has 0 bridgehead atoms. The Labute approximate surface area is 94.0 Å². The molecule has 1 saturated heterocycles. The minimum absolute atomic E-state index is 0.641. The first kappa shape index (κ1) is 9.66. The van der Waals surface area contributed by atoms with E-state index in [1.807, 2.05) is 18.3 Å². The molecule has 4 heteroatoms. The molecule has 1 unspecified atom stereocenters. The zero-order chi connectivity index (χ0) is 10.8. The molecule has 84 valence electrons. The van der Waals surface area contributed by atoms with E-state index in [1.165, 1.54) is 6.42 Å². The summed E-state index contributed by atoms with van der Waals surface area (Å²) in [6, 6.07) is 4.04. The zero-order valence-corrected chi connectivity index (χ0v) is 9.07. The average Bonchev–Trinajstić information content (AvgIpc) is 2.97. The van der Waals surface area contributed by atoms with E-state index < -0.39 is 0 Å². The third-order valence-electron chi connectivity index (χ3n) is 3.02. The van der Waals surface area contributed by atoms with Gasteiger partial charge in [-0.15, -0.1) is 0 Å². The van der Waals surface area contributed by atoms with Crippen molar-refractivity contribution in [2.75, 3.05) is 19.7 Å². The average molecular weight is 217 g/mol. The fourth-order valence-electron chi connectivity index (χ4n) is 2.07. The Morgan fingerprint density at radius 2 is 2.50 bits per heavy atom. The van der Waals surface area contributed by atoms with Crippen LogP contribution < -0.4 is 10.1 Å². The summed E-state index contributed by atoms with van der Waals surface area (Å²) in [7, 11) is 0. The van der Waals surface area contributed by atoms with Crippen molar-refractivity contribution >= 4 is 11.0 Å². The third-order valence-corrected chi connectivity index (χ3v) is 3.02. The molecule has 0 aliphatic carbocycles. The number of aromatic amines is 1. The number of hydrogen-bond donors (Lipinski definition) is 2. The van der Waals surface area contributed by atoms with Gasteiger partial charge in [-0.1, -0.05) is 0 Å². The summed E-state index contributed by atoms with van der Waals surface area (Å²) in [4.78, 5) is 7.36. The topological polar surface area (TPSA) is 49.9 Å². The van der Waals surface area contributed by atoms with E-state index >= 15 is 0 Å². The predicted octanol–water partition coefficient (Wildman–Crippen LogP) is 1.55. The fourth-order valence-corrected chi connectivity index (χ4v) is 2.07. The van der Waals surface area contributed by atoms with Crippen LogP contribution in [-0.2, 0) is 0 Å².